The Morgan fingerprint density at radius 3 is 1.81 bits per heavy atom. The lowest BCUT2D eigenvalue weighted by molar-refractivity contribution is -0.138. The lowest BCUT2D eigenvalue weighted by atomic mass is 9.79. The number of benzene rings is 2. The Balaban J connectivity index is 2.70. The number of nitrogens with two attached hydrogens (primary N) is 1. The Morgan fingerprint density at radius 2 is 1.33 bits per heavy atom. The van der Waals surface area contributed by atoms with Crippen molar-refractivity contribution in [1.82, 2.24) is 0 Å². The van der Waals surface area contributed by atoms with Gasteiger partial charge >= 0.3 is 6.18 Å². The van der Waals surface area contributed by atoms with Crippen molar-refractivity contribution in [2.24, 2.45) is 5.73 Å². The van der Waals surface area contributed by atoms with Gasteiger partial charge in [0.1, 0.15) is 5.82 Å². The third kappa shape index (κ3) is 2.78. The Hall–Kier alpha value is -1.88. The summed E-state index contributed by atoms with van der Waals surface area (Å²) in [7, 11) is 0. The molecule has 5 heteroatoms. The summed E-state index contributed by atoms with van der Waals surface area (Å²) in [6.07, 6.45) is -4.40. The molecule has 2 N–H and O–H groups in total. The molecule has 21 heavy (non-hydrogen) atoms. The molecule has 0 amide bonds. The lowest BCUT2D eigenvalue weighted by Gasteiger charge is -2.32. The average molecular weight is 297 g/mol. The van der Waals surface area contributed by atoms with Crippen molar-refractivity contribution < 1.29 is 17.6 Å². The van der Waals surface area contributed by atoms with Crippen LogP contribution in [-0.2, 0) is 11.7 Å². The number of alkyl halides is 3. The first-order valence-corrected chi connectivity index (χ1v) is 6.51. The Bertz CT molecular complexity index is 636. The van der Waals surface area contributed by atoms with Crippen molar-refractivity contribution in [2.45, 2.75) is 25.1 Å². The molecule has 2 aromatic rings. The van der Waals surface area contributed by atoms with Gasteiger partial charge in [-0.05, 0) is 24.1 Å². The van der Waals surface area contributed by atoms with E-state index < -0.39 is 23.1 Å². The molecular formula is C16H15F4N. The molecule has 0 aliphatic carbocycles. The van der Waals surface area contributed by atoms with Gasteiger partial charge in [-0.25, -0.2) is 4.39 Å². The van der Waals surface area contributed by atoms with Crippen LogP contribution < -0.4 is 5.73 Å². The molecule has 2 rings (SSSR count). The zero-order valence-corrected chi connectivity index (χ0v) is 11.4. The standard InChI is InChI=1S/C16H15F4N/c1-2-15(21,13-9-5-6-10-14(13)17)11-7-3-4-8-12(11)16(18,19)20/h3-10H,2,21H2,1H3. The molecule has 0 radical (unpaired) electrons. The second-order valence-electron chi connectivity index (χ2n) is 4.85. The van der Waals surface area contributed by atoms with E-state index in [-0.39, 0.29) is 17.5 Å². The molecule has 1 atom stereocenters. The summed E-state index contributed by atoms with van der Waals surface area (Å²) in [5.74, 6) is -0.612. The molecule has 0 spiro atoms. The minimum absolute atomic E-state index is 0.0594. The number of halogens is 4. The van der Waals surface area contributed by atoms with Crippen molar-refractivity contribution in [3.05, 3.63) is 71.0 Å². The van der Waals surface area contributed by atoms with Crippen molar-refractivity contribution in [1.29, 1.82) is 0 Å². The fraction of sp³-hybridized carbons (Fsp3) is 0.250. The monoisotopic (exact) mass is 297 g/mol. The van der Waals surface area contributed by atoms with Gasteiger partial charge in [-0.15, -0.1) is 0 Å². The Labute approximate surface area is 120 Å². The van der Waals surface area contributed by atoms with Crippen molar-refractivity contribution in [2.75, 3.05) is 0 Å². The number of hydrogen-bond donors (Lipinski definition) is 1. The normalized spacial score (nSPS) is 14.8. The molecule has 0 aliphatic rings. The maximum atomic E-state index is 14.0. The number of rotatable bonds is 3. The van der Waals surface area contributed by atoms with Crippen LogP contribution in [0.25, 0.3) is 0 Å². The summed E-state index contributed by atoms with van der Waals surface area (Å²) in [6.45, 7) is 1.64. The summed E-state index contributed by atoms with van der Waals surface area (Å²) in [6, 6.07) is 10.7. The molecule has 0 aliphatic heterocycles. The Morgan fingerprint density at radius 1 is 0.857 bits per heavy atom. The van der Waals surface area contributed by atoms with E-state index in [4.69, 9.17) is 5.73 Å². The quantitative estimate of drug-likeness (QED) is 0.832. The molecule has 1 unspecified atom stereocenters. The predicted octanol–water partition coefficient (Wildman–Crippen LogP) is 4.46. The largest absolute Gasteiger partial charge is 0.416 e. The third-order valence-electron chi connectivity index (χ3n) is 3.63. The van der Waals surface area contributed by atoms with Gasteiger partial charge < -0.3 is 5.73 Å². The molecule has 0 aromatic heterocycles. The first-order chi connectivity index (χ1) is 9.80. The molecule has 0 bridgehead atoms. The van der Waals surface area contributed by atoms with Crippen LogP contribution in [-0.4, -0.2) is 0 Å². The maximum absolute atomic E-state index is 14.0. The van der Waals surface area contributed by atoms with Crippen LogP contribution in [0.15, 0.2) is 48.5 Å². The van der Waals surface area contributed by atoms with Gasteiger partial charge in [0, 0.05) is 5.56 Å². The van der Waals surface area contributed by atoms with Gasteiger partial charge in [0.05, 0.1) is 11.1 Å². The van der Waals surface area contributed by atoms with E-state index in [1.54, 1.807) is 13.0 Å². The van der Waals surface area contributed by atoms with E-state index in [1.165, 1.54) is 36.4 Å². The molecule has 0 fully saturated rings. The van der Waals surface area contributed by atoms with Crippen molar-refractivity contribution in [3.63, 3.8) is 0 Å². The van der Waals surface area contributed by atoms with Crippen LogP contribution in [0, 0.1) is 5.82 Å². The molecule has 0 saturated carbocycles. The van der Waals surface area contributed by atoms with Crippen LogP contribution in [0.4, 0.5) is 17.6 Å². The van der Waals surface area contributed by atoms with Gasteiger partial charge in [0.25, 0.3) is 0 Å². The van der Waals surface area contributed by atoms with Crippen molar-refractivity contribution in [3.8, 4) is 0 Å². The van der Waals surface area contributed by atoms with Gasteiger partial charge in [-0.3, -0.25) is 0 Å². The van der Waals surface area contributed by atoms with E-state index in [2.05, 4.69) is 0 Å². The second-order valence-corrected chi connectivity index (χ2v) is 4.85. The van der Waals surface area contributed by atoms with E-state index in [0.717, 1.165) is 6.07 Å². The zero-order chi connectivity index (χ0) is 15.7. The minimum atomic E-state index is -4.54. The van der Waals surface area contributed by atoms with Crippen LogP contribution in [0.1, 0.15) is 30.0 Å². The molecule has 112 valence electrons. The fourth-order valence-electron chi connectivity index (χ4n) is 2.47. The number of hydrogen-bond acceptors (Lipinski definition) is 1. The molecule has 2 aromatic carbocycles. The van der Waals surface area contributed by atoms with E-state index in [0.29, 0.717) is 0 Å². The van der Waals surface area contributed by atoms with E-state index >= 15 is 0 Å². The summed E-state index contributed by atoms with van der Waals surface area (Å²) in [5.41, 5.74) is 3.77. The summed E-state index contributed by atoms with van der Waals surface area (Å²) >= 11 is 0. The summed E-state index contributed by atoms with van der Waals surface area (Å²) in [4.78, 5) is 0. The maximum Gasteiger partial charge on any atom is 0.416 e. The van der Waals surface area contributed by atoms with E-state index in [1.807, 2.05) is 0 Å². The highest BCUT2D eigenvalue weighted by Gasteiger charge is 2.40. The van der Waals surface area contributed by atoms with Crippen molar-refractivity contribution >= 4 is 0 Å². The van der Waals surface area contributed by atoms with Crippen LogP contribution in [0.2, 0.25) is 0 Å². The molecular weight excluding hydrogens is 282 g/mol. The van der Waals surface area contributed by atoms with Gasteiger partial charge in [-0.1, -0.05) is 43.3 Å². The second kappa shape index (κ2) is 5.48. The lowest BCUT2D eigenvalue weighted by Crippen LogP contribution is -2.40. The van der Waals surface area contributed by atoms with Crippen LogP contribution >= 0.6 is 0 Å². The minimum Gasteiger partial charge on any atom is -0.318 e. The fourth-order valence-corrected chi connectivity index (χ4v) is 2.47. The first kappa shape index (κ1) is 15.5. The van der Waals surface area contributed by atoms with Crippen LogP contribution in [0.5, 0.6) is 0 Å². The highest BCUT2D eigenvalue weighted by molar-refractivity contribution is 5.44. The Kier molecular flexibility index (Phi) is 4.05. The van der Waals surface area contributed by atoms with E-state index in [9.17, 15) is 17.6 Å². The molecule has 1 nitrogen and oxygen atoms in total. The summed E-state index contributed by atoms with van der Waals surface area (Å²) in [5, 5.41) is 0. The summed E-state index contributed by atoms with van der Waals surface area (Å²) < 4.78 is 53.6. The third-order valence-corrected chi connectivity index (χ3v) is 3.63. The topological polar surface area (TPSA) is 26.0 Å². The SMILES string of the molecule is CCC(N)(c1ccccc1F)c1ccccc1C(F)(F)F. The predicted molar refractivity (Wildman–Crippen MR) is 73.1 cm³/mol. The highest BCUT2D eigenvalue weighted by Crippen LogP contribution is 2.40. The van der Waals surface area contributed by atoms with Gasteiger partial charge in [0.2, 0.25) is 0 Å². The smallest absolute Gasteiger partial charge is 0.318 e. The highest BCUT2D eigenvalue weighted by atomic mass is 19.4. The van der Waals surface area contributed by atoms with Gasteiger partial charge in [0.15, 0.2) is 0 Å². The van der Waals surface area contributed by atoms with Gasteiger partial charge in [-0.2, -0.15) is 13.2 Å². The van der Waals surface area contributed by atoms with Crippen LogP contribution in [0.3, 0.4) is 0 Å². The average Bonchev–Trinajstić information content (AvgIpc) is 2.46. The molecule has 0 saturated heterocycles. The molecule has 0 heterocycles. The first-order valence-electron chi connectivity index (χ1n) is 6.51. The zero-order valence-electron chi connectivity index (χ0n) is 11.4.